The number of rotatable bonds is 7. The monoisotopic (exact) mass is 407 g/mol. The lowest BCUT2D eigenvalue weighted by Crippen LogP contribution is -2.01. The van der Waals surface area contributed by atoms with E-state index in [9.17, 15) is 0 Å². The minimum Gasteiger partial charge on any atom is -0.489 e. The Bertz CT molecular complexity index is 1360. The maximum Gasteiger partial charge on any atom is 0.145 e. The third kappa shape index (κ3) is 3.83. The van der Waals surface area contributed by atoms with Crippen LogP contribution in [0, 0.1) is 0 Å². The number of aromatic nitrogens is 4. The molecule has 31 heavy (non-hydrogen) atoms. The van der Waals surface area contributed by atoms with E-state index in [0.717, 1.165) is 45.5 Å². The highest BCUT2D eigenvalue weighted by atomic mass is 16.5. The van der Waals surface area contributed by atoms with Gasteiger partial charge in [-0.05, 0) is 48.5 Å². The van der Waals surface area contributed by atoms with E-state index in [-0.39, 0.29) is 0 Å². The predicted molar refractivity (Wildman–Crippen MR) is 124 cm³/mol. The van der Waals surface area contributed by atoms with Gasteiger partial charge < -0.3 is 14.6 Å². The van der Waals surface area contributed by atoms with Crippen LogP contribution in [-0.2, 0) is 6.54 Å². The summed E-state index contributed by atoms with van der Waals surface area (Å²) in [6.07, 6.45) is 7.19. The van der Waals surface area contributed by atoms with Crippen LogP contribution in [0.5, 0.6) is 5.75 Å². The highest BCUT2D eigenvalue weighted by Crippen LogP contribution is 2.32. The van der Waals surface area contributed by atoms with E-state index in [2.05, 4.69) is 61.9 Å². The zero-order valence-electron chi connectivity index (χ0n) is 16.9. The number of benzene rings is 2. The molecule has 5 rings (SSSR count). The number of nitrogens with zero attached hydrogens (tertiary/aromatic N) is 4. The summed E-state index contributed by atoms with van der Waals surface area (Å²) in [6, 6.07) is 20.2. The number of fused-ring (bicyclic) bond motifs is 2. The maximum atomic E-state index is 5.83. The minimum absolute atomic E-state index is 0.420. The summed E-state index contributed by atoms with van der Waals surface area (Å²) < 4.78 is 8.03. The smallest absolute Gasteiger partial charge is 0.145 e. The number of hydrogen-bond acceptors (Lipinski definition) is 5. The standard InChI is InChI=1S/C25H21N5O/c1-2-14-31-23-8-5-7-21-24(23)25(28-17-27-21)29-19-9-10-22-18(15-19)11-13-30(22)16-20-6-3-4-12-26-20/h2-13,15,17H,1,14,16H2,(H,27,28,29). The molecule has 3 aromatic heterocycles. The van der Waals surface area contributed by atoms with E-state index in [1.165, 1.54) is 0 Å². The molecule has 2 aromatic carbocycles. The summed E-state index contributed by atoms with van der Waals surface area (Å²) in [7, 11) is 0. The zero-order valence-corrected chi connectivity index (χ0v) is 16.9. The molecule has 3 heterocycles. The van der Waals surface area contributed by atoms with Crippen LogP contribution in [0.4, 0.5) is 11.5 Å². The quantitative estimate of drug-likeness (QED) is 0.369. The van der Waals surface area contributed by atoms with Crippen molar-refractivity contribution < 1.29 is 4.74 Å². The Morgan fingerprint density at radius 3 is 2.84 bits per heavy atom. The second-order valence-electron chi connectivity index (χ2n) is 7.14. The molecule has 0 saturated carbocycles. The summed E-state index contributed by atoms with van der Waals surface area (Å²) in [5.41, 5.74) is 3.95. The molecule has 1 N–H and O–H groups in total. The SMILES string of the molecule is C=CCOc1cccc2ncnc(Nc3ccc4c(ccn4Cc4ccccn4)c3)c12. The Hall–Kier alpha value is -4.19. The Morgan fingerprint density at radius 2 is 1.97 bits per heavy atom. The molecule has 0 spiro atoms. The highest BCUT2D eigenvalue weighted by molar-refractivity contribution is 5.96. The van der Waals surface area contributed by atoms with Gasteiger partial charge >= 0.3 is 0 Å². The summed E-state index contributed by atoms with van der Waals surface area (Å²) >= 11 is 0. The largest absolute Gasteiger partial charge is 0.489 e. The lowest BCUT2D eigenvalue weighted by atomic mass is 10.2. The van der Waals surface area contributed by atoms with Crippen molar-refractivity contribution in [1.29, 1.82) is 0 Å². The Balaban J connectivity index is 1.47. The zero-order chi connectivity index (χ0) is 21.0. The van der Waals surface area contributed by atoms with Gasteiger partial charge in [-0.2, -0.15) is 0 Å². The average Bonchev–Trinajstić information content (AvgIpc) is 3.20. The molecule has 0 aliphatic heterocycles. The first-order chi connectivity index (χ1) is 15.3. The van der Waals surface area contributed by atoms with Crippen LogP contribution in [-0.4, -0.2) is 26.1 Å². The molecule has 0 saturated heterocycles. The number of pyridine rings is 1. The van der Waals surface area contributed by atoms with E-state index in [1.54, 1.807) is 12.4 Å². The van der Waals surface area contributed by atoms with E-state index < -0.39 is 0 Å². The molecular weight excluding hydrogens is 386 g/mol. The number of ether oxygens (including phenoxy) is 1. The molecule has 0 amide bonds. The highest BCUT2D eigenvalue weighted by Gasteiger charge is 2.11. The van der Waals surface area contributed by atoms with Crippen LogP contribution in [0.25, 0.3) is 21.8 Å². The van der Waals surface area contributed by atoms with Gasteiger partial charge in [0.1, 0.15) is 24.5 Å². The molecule has 0 fully saturated rings. The summed E-state index contributed by atoms with van der Waals surface area (Å²) in [4.78, 5) is 13.3. The Kier molecular flexibility index (Phi) is 5.02. The number of nitrogens with one attached hydrogen (secondary N) is 1. The van der Waals surface area contributed by atoms with Crippen LogP contribution in [0.3, 0.4) is 0 Å². The number of anilines is 2. The van der Waals surface area contributed by atoms with Crippen molar-refractivity contribution in [3.05, 3.63) is 97.7 Å². The van der Waals surface area contributed by atoms with Gasteiger partial charge in [0.2, 0.25) is 0 Å². The molecule has 0 aliphatic rings. The lowest BCUT2D eigenvalue weighted by molar-refractivity contribution is 0.367. The van der Waals surface area contributed by atoms with Gasteiger partial charge in [0, 0.05) is 29.0 Å². The van der Waals surface area contributed by atoms with Gasteiger partial charge in [-0.15, -0.1) is 0 Å². The molecule has 6 heteroatoms. The third-order valence-corrected chi connectivity index (χ3v) is 5.07. The maximum absolute atomic E-state index is 5.83. The second kappa shape index (κ2) is 8.28. The van der Waals surface area contributed by atoms with Gasteiger partial charge in [-0.25, -0.2) is 9.97 Å². The van der Waals surface area contributed by atoms with E-state index >= 15 is 0 Å². The second-order valence-corrected chi connectivity index (χ2v) is 7.14. The van der Waals surface area contributed by atoms with Crippen LogP contribution in [0.15, 0.2) is 92.0 Å². The summed E-state index contributed by atoms with van der Waals surface area (Å²) in [5.74, 6) is 1.43. The molecule has 6 nitrogen and oxygen atoms in total. The van der Waals surface area contributed by atoms with Crippen molar-refractivity contribution in [2.24, 2.45) is 0 Å². The average molecular weight is 407 g/mol. The molecule has 0 atom stereocenters. The first-order valence-corrected chi connectivity index (χ1v) is 10.0. The van der Waals surface area contributed by atoms with Crippen LogP contribution < -0.4 is 10.1 Å². The van der Waals surface area contributed by atoms with Crippen molar-refractivity contribution in [1.82, 2.24) is 19.5 Å². The fraction of sp³-hybridized carbons (Fsp3) is 0.0800. The van der Waals surface area contributed by atoms with Gasteiger partial charge in [0.05, 0.1) is 23.1 Å². The summed E-state index contributed by atoms with van der Waals surface area (Å²) in [6.45, 7) is 4.88. The van der Waals surface area contributed by atoms with Crippen molar-refractivity contribution in [3.63, 3.8) is 0 Å². The lowest BCUT2D eigenvalue weighted by Gasteiger charge is -2.12. The van der Waals surface area contributed by atoms with E-state index in [0.29, 0.717) is 12.4 Å². The minimum atomic E-state index is 0.420. The van der Waals surface area contributed by atoms with Crippen molar-refractivity contribution in [2.45, 2.75) is 6.54 Å². The van der Waals surface area contributed by atoms with Crippen molar-refractivity contribution >= 4 is 33.3 Å². The van der Waals surface area contributed by atoms with E-state index in [4.69, 9.17) is 4.74 Å². The van der Waals surface area contributed by atoms with Crippen LogP contribution >= 0.6 is 0 Å². The Labute approximate surface area is 179 Å². The van der Waals surface area contributed by atoms with Gasteiger partial charge in [0.25, 0.3) is 0 Å². The van der Waals surface area contributed by atoms with Crippen molar-refractivity contribution in [3.8, 4) is 5.75 Å². The molecule has 0 bridgehead atoms. The molecule has 0 unspecified atom stereocenters. The third-order valence-electron chi connectivity index (χ3n) is 5.07. The predicted octanol–water partition coefficient (Wildman–Crippen LogP) is 5.34. The molecular formula is C25H21N5O. The first-order valence-electron chi connectivity index (χ1n) is 10.0. The number of hydrogen-bond donors (Lipinski definition) is 1. The normalized spacial score (nSPS) is 11.0. The van der Waals surface area contributed by atoms with Gasteiger partial charge in [-0.1, -0.05) is 24.8 Å². The molecule has 152 valence electrons. The van der Waals surface area contributed by atoms with E-state index in [1.807, 2.05) is 42.6 Å². The molecule has 0 aliphatic carbocycles. The molecule has 5 aromatic rings. The fourth-order valence-electron chi connectivity index (χ4n) is 3.66. The van der Waals surface area contributed by atoms with Crippen molar-refractivity contribution in [2.75, 3.05) is 11.9 Å². The molecule has 0 radical (unpaired) electrons. The first kappa shape index (κ1) is 18.8. The fourth-order valence-corrected chi connectivity index (χ4v) is 3.66. The van der Waals surface area contributed by atoms with Crippen LogP contribution in [0.2, 0.25) is 0 Å². The van der Waals surface area contributed by atoms with Gasteiger partial charge in [-0.3, -0.25) is 4.98 Å². The Morgan fingerprint density at radius 1 is 1.00 bits per heavy atom. The summed E-state index contributed by atoms with van der Waals surface area (Å²) in [5, 5.41) is 5.42. The topological polar surface area (TPSA) is 64.9 Å². The van der Waals surface area contributed by atoms with Crippen LogP contribution in [0.1, 0.15) is 5.69 Å². The van der Waals surface area contributed by atoms with Gasteiger partial charge in [0.15, 0.2) is 0 Å².